The normalized spacial score (nSPS) is 10.7. The molecule has 0 aliphatic carbocycles. The van der Waals surface area contributed by atoms with Gasteiger partial charge in [0, 0.05) is 18.8 Å². The first-order chi connectivity index (χ1) is 10.2. The third-order valence-corrected chi connectivity index (χ3v) is 3.29. The van der Waals surface area contributed by atoms with E-state index in [0.29, 0.717) is 24.6 Å². The summed E-state index contributed by atoms with van der Waals surface area (Å²) in [6.07, 6.45) is 5.19. The summed E-state index contributed by atoms with van der Waals surface area (Å²) in [5.74, 6) is 0.665. The van der Waals surface area contributed by atoms with Crippen LogP contribution >= 0.6 is 22.6 Å². The highest BCUT2D eigenvalue weighted by Gasteiger charge is 2.14. The van der Waals surface area contributed by atoms with Crippen LogP contribution in [-0.4, -0.2) is 27.4 Å². The highest BCUT2D eigenvalue weighted by atomic mass is 127. The zero-order valence-corrected chi connectivity index (χ0v) is 13.0. The van der Waals surface area contributed by atoms with Gasteiger partial charge in [-0.2, -0.15) is 5.10 Å². The van der Waals surface area contributed by atoms with Crippen molar-refractivity contribution in [1.82, 2.24) is 20.3 Å². The van der Waals surface area contributed by atoms with Crippen LogP contribution in [0.2, 0.25) is 0 Å². The number of rotatable bonds is 5. The summed E-state index contributed by atoms with van der Waals surface area (Å²) in [6, 6.07) is 5.02. The topological polar surface area (TPSA) is 86.1 Å². The number of furan rings is 1. The van der Waals surface area contributed by atoms with Gasteiger partial charge < -0.3 is 14.3 Å². The van der Waals surface area contributed by atoms with Crippen molar-refractivity contribution in [1.29, 1.82) is 0 Å². The molecule has 3 aromatic heterocycles. The fourth-order valence-corrected chi connectivity index (χ4v) is 2.20. The molecule has 0 aromatic carbocycles. The zero-order chi connectivity index (χ0) is 14.7. The first-order valence-electron chi connectivity index (χ1n) is 6.19. The Hall–Kier alpha value is -2.10. The number of nitrogens with zero attached hydrogens (tertiary/aromatic N) is 3. The Labute approximate surface area is 133 Å². The van der Waals surface area contributed by atoms with Crippen molar-refractivity contribution in [2.45, 2.75) is 6.54 Å². The Bertz CT molecular complexity index is 732. The minimum atomic E-state index is -0.293. The van der Waals surface area contributed by atoms with E-state index in [2.05, 4.69) is 38.2 Å². The highest BCUT2D eigenvalue weighted by molar-refractivity contribution is 14.1. The van der Waals surface area contributed by atoms with E-state index in [1.54, 1.807) is 29.1 Å². The van der Waals surface area contributed by atoms with Gasteiger partial charge in [-0.25, -0.2) is 0 Å². The lowest BCUT2D eigenvalue weighted by molar-refractivity contribution is 0.0943. The molecule has 0 saturated heterocycles. The lowest BCUT2D eigenvalue weighted by Crippen LogP contribution is -2.27. The molecule has 21 heavy (non-hydrogen) atoms. The number of hydrogen-bond donors (Lipinski definition) is 1. The van der Waals surface area contributed by atoms with E-state index in [9.17, 15) is 4.79 Å². The van der Waals surface area contributed by atoms with Crippen LogP contribution in [0.25, 0.3) is 11.5 Å². The smallest absolute Gasteiger partial charge is 0.273 e. The average Bonchev–Trinajstić information content (AvgIpc) is 3.19. The molecule has 0 aliphatic rings. The second-order valence-electron chi connectivity index (χ2n) is 4.23. The van der Waals surface area contributed by atoms with Crippen LogP contribution in [0.15, 0.2) is 45.8 Å². The fourth-order valence-electron chi connectivity index (χ4n) is 1.75. The quantitative estimate of drug-likeness (QED) is 0.666. The standard InChI is InChI=1S/C13H11IN4O3/c14-9-7-16-18(8-9)4-3-15-13(19)10-6-12(21-17-10)11-2-1-5-20-11/h1-2,5-8H,3-4H2,(H,15,19). The number of halogens is 1. The molecule has 1 N–H and O–H groups in total. The molecule has 0 atom stereocenters. The van der Waals surface area contributed by atoms with Gasteiger partial charge in [-0.3, -0.25) is 9.48 Å². The predicted molar refractivity (Wildman–Crippen MR) is 81.5 cm³/mol. The molecule has 0 saturated carbocycles. The van der Waals surface area contributed by atoms with E-state index >= 15 is 0 Å². The van der Waals surface area contributed by atoms with Crippen molar-refractivity contribution >= 4 is 28.5 Å². The summed E-state index contributed by atoms with van der Waals surface area (Å²) in [5.41, 5.74) is 0.219. The van der Waals surface area contributed by atoms with Crippen LogP contribution in [0.1, 0.15) is 10.5 Å². The van der Waals surface area contributed by atoms with Crippen molar-refractivity contribution in [3.63, 3.8) is 0 Å². The molecule has 0 aliphatic heterocycles. The van der Waals surface area contributed by atoms with Gasteiger partial charge in [-0.1, -0.05) is 5.16 Å². The molecule has 8 heteroatoms. The fraction of sp³-hybridized carbons (Fsp3) is 0.154. The van der Waals surface area contributed by atoms with Gasteiger partial charge in [0.1, 0.15) is 0 Å². The largest absolute Gasteiger partial charge is 0.461 e. The summed E-state index contributed by atoms with van der Waals surface area (Å²) in [7, 11) is 0. The number of hydrogen-bond acceptors (Lipinski definition) is 5. The zero-order valence-electron chi connectivity index (χ0n) is 10.8. The second kappa shape index (κ2) is 6.12. The van der Waals surface area contributed by atoms with Gasteiger partial charge in [-0.05, 0) is 34.7 Å². The van der Waals surface area contributed by atoms with Gasteiger partial charge >= 0.3 is 0 Å². The number of nitrogens with one attached hydrogen (secondary N) is 1. The maximum absolute atomic E-state index is 11.9. The summed E-state index contributed by atoms with van der Waals surface area (Å²) in [5, 5.41) is 10.6. The van der Waals surface area contributed by atoms with Gasteiger partial charge in [0.05, 0.1) is 22.6 Å². The van der Waals surface area contributed by atoms with Crippen molar-refractivity contribution in [2.24, 2.45) is 0 Å². The van der Waals surface area contributed by atoms with Crippen molar-refractivity contribution in [2.75, 3.05) is 6.54 Å². The molecule has 108 valence electrons. The number of carbonyl (C=O) groups is 1. The molecular weight excluding hydrogens is 387 g/mol. The highest BCUT2D eigenvalue weighted by Crippen LogP contribution is 2.20. The Balaban J connectivity index is 1.56. The minimum Gasteiger partial charge on any atom is -0.461 e. The van der Waals surface area contributed by atoms with E-state index in [-0.39, 0.29) is 11.6 Å². The lowest BCUT2D eigenvalue weighted by Gasteiger charge is -2.02. The van der Waals surface area contributed by atoms with Crippen LogP contribution in [0.4, 0.5) is 0 Å². The molecule has 0 bridgehead atoms. The van der Waals surface area contributed by atoms with E-state index < -0.39 is 0 Å². The Kier molecular flexibility index (Phi) is 4.04. The molecule has 0 spiro atoms. The first kappa shape index (κ1) is 13.9. The van der Waals surface area contributed by atoms with E-state index in [1.165, 1.54) is 6.26 Å². The summed E-state index contributed by atoms with van der Waals surface area (Å²) in [4.78, 5) is 11.9. The Morgan fingerprint density at radius 2 is 2.33 bits per heavy atom. The molecule has 0 unspecified atom stereocenters. The van der Waals surface area contributed by atoms with E-state index in [1.807, 2.05) is 6.20 Å². The second-order valence-corrected chi connectivity index (χ2v) is 5.48. The van der Waals surface area contributed by atoms with Crippen molar-refractivity contribution in [3.8, 4) is 11.5 Å². The van der Waals surface area contributed by atoms with Gasteiger partial charge in [0.2, 0.25) is 5.76 Å². The monoisotopic (exact) mass is 398 g/mol. The number of amides is 1. The SMILES string of the molecule is O=C(NCCn1cc(I)cn1)c1cc(-c2ccco2)on1. The predicted octanol–water partition coefficient (Wildman–Crippen LogP) is 2.17. The third kappa shape index (κ3) is 3.32. The molecule has 0 radical (unpaired) electrons. The van der Waals surface area contributed by atoms with Gasteiger partial charge in [0.15, 0.2) is 11.5 Å². The van der Waals surface area contributed by atoms with Crippen LogP contribution in [-0.2, 0) is 6.54 Å². The van der Waals surface area contributed by atoms with Crippen LogP contribution in [0.5, 0.6) is 0 Å². The molecule has 7 nitrogen and oxygen atoms in total. The van der Waals surface area contributed by atoms with Gasteiger partial charge in [-0.15, -0.1) is 0 Å². The first-order valence-corrected chi connectivity index (χ1v) is 7.27. The summed E-state index contributed by atoms with van der Waals surface area (Å²) < 4.78 is 13.1. The van der Waals surface area contributed by atoms with Crippen LogP contribution in [0.3, 0.4) is 0 Å². The number of carbonyl (C=O) groups excluding carboxylic acids is 1. The van der Waals surface area contributed by atoms with Crippen LogP contribution < -0.4 is 5.32 Å². The Morgan fingerprint density at radius 3 is 3.05 bits per heavy atom. The molecule has 0 fully saturated rings. The summed E-state index contributed by atoms with van der Waals surface area (Å²) >= 11 is 2.18. The average molecular weight is 398 g/mol. The minimum absolute atomic E-state index is 0.219. The summed E-state index contributed by atoms with van der Waals surface area (Å²) in [6.45, 7) is 1.05. The van der Waals surface area contributed by atoms with Crippen molar-refractivity contribution in [3.05, 3.63) is 46.1 Å². The van der Waals surface area contributed by atoms with E-state index in [4.69, 9.17) is 8.94 Å². The third-order valence-electron chi connectivity index (χ3n) is 2.74. The van der Waals surface area contributed by atoms with E-state index in [0.717, 1.165) is 3.57 Å². The molecule has 1 amide bonds. The Morgan fingerprint density at radius 1 is 1.43 bits per heavy atom. The van der Waals surface area contributed by atoms with Crippen LogP contribution in [0, 0.1) is 3.57 Å². The molecule has 3 heterocycles. The molecule has 3 rings (SSSR count). The lowest BCUT2D eigenvalue weighted by atomic mass is 10.3. The molecule has 3 aromatic rings. The maximum atomic E-state index is 11.9. The van der Waals surface area contributed by atoms with Gasteiger partial charge in [0.25, 0.3) is 5.91 Å². The number of aromatic nitrogens is 3. The maximum Gasteiger partial charge on any atom is 0.273 e. The molecular formula is C13H11IN4O3. The van der Waals surface area contributed by atoms with Crippen molar-refractivity contribution < 1.29 is 13.7 Å².